The van der Waals surface area contributed by atoms with Gasteiger partial charge in [0.2, 0.25) is 5.91 Å². The molecule has 0 aromatic carbocycles. The van der Waals surface area contributed by atoms with E-state index in [4.69, 9.17) is 24.4 Å². The predicted octanol–water partition coefficient (Wildman–Crippen LogP) is -1.47. The average Bonchev–Trinajstić information content (AvgIpc) is 2.69. The third-order valence-electron chi connectivity index (χ3n) is 4.26. The van der Waals surface area contributed by atoms with Crippen molar-refractivity contribution in [3.8, 4) is 0 Å². The van der Waals surface area contributed by atoms with Crippen molar-refractivity contribution in [1.82, 2.24) is 5.32 Å². The zero-order valence-electron chi connectivity index (χ0n) is 16.9. The lowest BCUT2D eigenvalue weighted by atomic mass is 9.96. The fourth-order valence-electron chi connectivity index (χ4n) is 2.73. The number of esters is 2. The molecule has 1 rings (SSSR count). The van der Waals surface area contributed by atoms with Gasteiger partial charge in [0, 0.05) is 6.42 Å². The average molecular weight is 449 g/mol. The summed E-state index contributed by atoms with van der Waals surface area (Å²) in [5, 5.41) is 40.4. The summed E-state index contributed by atoms with van der Waals surface area (Å²) in [6.45, 7) is 1.14. The quantitative estimate of drug-likeness (QED) is 0.217. The topological polar surface area (TPSA) is 206 Å². The minimum absolute atomic E-state index is 0.101. The molecule has 5 atom stereocenters. The first-order valence-electron chi connectivity index (χ1n) is 9.64. The third kappa shape index (κ3) is 9.27. The Kier molecular flexibility index (Phi) is 10.9. The molecule has 1 saturated heterocycles. The van der Waals surface area contributed by atoms with E-state index in [1.54, 1.807) is 6.92 Å². The Morgan fingerprint density at radius 3 is 2.03 bits per heavy atom. The number of nitrogens with one attached hydrogen (secondary N) is 1. The minimum Gasteiger partial charge on any atom is -0.481 e. The van der Waals surface area contributed by atoms with Crippen molar-refractivity contribution >= 4 is 29.8 Å². The number of aliphatic hydroxyl groups is 2. The summed E-state index contributed by atoms with van der Waals surface area (Å²) in [5.74, 6) is -4.85. The van der Waals surface area contributed by atoms with Gasteiger partial charge < -0.3 is 40.0 Å². The van der Waals surface area contributed by atoms with Gasteiger partial charge in [-0.2, -0.15) is 0 Å². The van der Waals surface area contributed by atoms with Crippen LogP contribution in [0.25, 0.3) is 0 Å². The number of aliphatic carboxylic acids is 2. The predicted molar refractivity (Wildman–Crippen MR) is 98.3 cm³/mol. The van der Waals surface area contributed by atoms with E-state index >= 15 is 0 Å². The van der Waals surface area contributed by atoms with Gasteiger partial charge in [-0.1, -0.05) is 6.92 Å². The van der Waals surface area contributed by atoms with Gasteiger partial charge in [0.1, 0.15) is 24.9 Å². The molecule has 1 aliphatic rings. The molecule has 176 valence electrons. The number of carbonyl (C=O) groups excluding carboxylic acids is 3. The Labute approximate surface area is 177 Å². The van der Waals surface area contributed by atoms with Gasteiger partial charge in [-0.15, -0.1) is 0 Å². The number of amides is 1. The number of hydrogen-bond acceptors (Lipinski definition) is 10. The smallest absolute Gasteiger partial charge is 0.306 e. The van der Waals surface area contributed by atoms with Gasteiger partial charge in [0.05, 0.1) is 25.7 Å². The molecule has 0 spiro atoms. The molecular formula is C18H27NO12. The number of carboxylic acid groups (broad SMARTS) is 2. The van der Waals surface area contributed by atoms with Gasteiger partial charge in [-0.05, 0) is 6.42 Å². The Morgan fingerprint density at radius 1 is 0.903 bits per heavy atom. The van der Waals surface area contributed by atoms with Crippen LogP contribution in [0.1, 0.15) is 45.4 Å². The van der Waals surface area contributed by atoms with Crippen molar-refractivity contribution in [2.24, 2.45) is 0 Å². The van der Waals surface area contributed by atoms with E-state index in [2.05, 4.69) is 5.32 Å². The highest BCUT2D eigenvalue weighted by atomic mass is 16.7. The van der Waals surface area contributed by atoms with Crippen LogP contribution in [0.15, 0.2) is 0 Å². The summed E-state index contributed by atoms with van der Waals surface area (Å²) in [7, 11) is 0. The van der Waals surface area contributed by atoms with Crippen molar-refractivity contribution in [2.45, 2.75) is 76.1 Å². The maximum Gasteiger partial charge on any atom is 0.306 e. The molecule has 0 aliphatic carbocycles. The van der Waals surface area contributed by atoms with E-state index < -0.39 is 92.7 Å². The molecule has 1 heterocycles. The highest BCUT2D eigenvalue weighted by Gasteiger charge is 2.47. The van der Waals surface area contributed by atoms with Crippen LogP contribution in [0.2, 0.25) is 0 Å². The largest absolute Gasteiger partial charge is 0.481 e. The van der Waals surface area contributed by atoms with E-state index in [1.807, 2.05) is 0 Å². The van der Waals surface area contributed by atoms with Gasteiger partial charge in [-0.25, -0.2) is 0 Å². The first-order chi connectivity index (χ1) is 14.5. The third-order valence-corrected chi connectivity index (χ3v) is 4.26. The second kappa shape index (κ2) is 12.8. The minimum atomic E-state index is -1.73. The lowest BCUT2D eigenvalue weighted by molar-refractivity contribution is -0.261. The first kappa shape index (κ1) is 26.3. The second-order valence-corrected chi connectivity index (χ2v) is 6.82. The number of ether oxygens (including phenoxy) is 3. The normalized spacial score (nSPS) is 25.3. The van der Waals surface area contributed by atoms with Crippen LogP contribution >= 0.6 is 0 Å². The van der Waals surface area contributed by atoms with Crippen LogP contribution in [0.5, 0.6) is 0 Å². The summed E-state index contributed by atoms with van der Waals surface area (Å²) >= 11 is 0. The summed E-state index contributed by atoms with van der Waals surface area (Å²) in [5.41, 5.74) is 0. The maximum atomic E-state index is 12.0. The van der Waals surface area contributed by atoms with Crippen LogP contribution in [0.3, 0.4) is 0 Å². The highest BCUT2D eigenvalue weighted by Crippen LogP contribution is 2.24. The Hall–Kier alpha value is -2.77. The SMILES string of the molecule is CCCC(=O)N[C@H]1C(O)O[C@H](COC(=O)CCC(=O)O)[C@@H](OC(=O)CCC(=O)O)[C@@H]1O. The first-order valence-corrected chi connectivity index (χ1v) is 9.64. The van der Waals surface area contributed by atoms with E-state index in [-0.39, 0.29) is 6.42 Å². The zero-order valence-corrected chi connectivity index (χ0v) is 16.9. The summed E-state index contributed by atoms with van der Waals surface area (Å²) in [4.78, 5) is 56.6. The number of carbonyl (C=O) groups is 5. The Bertz CT molecular complexity index is 666. The molecule has 5 N–H and O–H groups in total. The van der Waals surface area contributed by atoms with Crippen LogP contribution in [0.4, 0.5) is 0 Å². The molecule has 0 aromatic heterocycles. The van der Waals surface area contributed by atoms with Gasteiger partial charge in [0.15, 0.2) is 12.4 Å². The molecule has 13 nitrogen and oxygen atoms in total. The maximum absolute atomic E-state index is 12.0. The second-order valence-electron chi connectivity index (χ2n) is 6.82. The number of rotatable bonds is 12. The van der Waals surface area contributed by atoms with E-state index in [0.29, 0.717) is 6.42 Å². The number of hydrogen-bond donors (Lipinski definition) is 5. The Morgan fingerprint density at radius 2 is 1.48 bits per heavy atom. The fourth-order valence-corrected chi connectivity index (χ4v) is 2.73. The molecule has 0 aromatic rings. The Balaban J connectivity index is 2.87. The highest BCUT2D eigenvalue weighted by molar-refractivity contribution is 5.77. The molecular weight excluding hydrogens is 422 g/mol. The molecule has 0 saturated carbocycles. The van der Waals surface area contributed by atoms with Gasteiger partial charge in [-0.3, -0.25) is 24.0 Å². The van der Waals surface area contributed by atoms with Crippen LogP contribution in [-0.2, 0) is 38.2 Å². The van der Waals surface area contributed by atoms with E-state index in [9.17, 15) is 34.2 Å². The van der Waals surface area contributed by atoms with Crippen molar-refractivity contribution in [2.75, 3.05) is 6.61 Å². The molecule has 0 radical (unpaired) electrons. The number of carboxylic acids is 2. The molecule has 31 heavy (non-hydrogen) atoms. The fraction of sp³-hybridized carbons (Fsp3) is 0.722. The summed E-state index contributed by atoms with van der Waals surface area (Å²) in [6, 6.07) is -1.37. The molecule has 0 bridgehead atoms. The van der Waals surface area contributed by atoms with E-state index in [1.165, 1.54) is 0 Å². The zero-order chi connectivity index (χ0) is 23.6. The van der Waals surface area contributed by atoms with Crippen LogP contribution < -0.4 is 5.32 Å². The lowest BCUT2D eigenvalue weighted by Crippen LogP contribution is -2.65. The van der Waals surface area contributed by atoms with Crippen LogP contribution in [-0.4, -0.2) is 87.5 Å². The molecule has 13 heteroatoms. The van der Waals surface area contributed by atoms with Gasteiger partial charge >= 0.3 is 23.9 Å². The van der Waals surface area contributed by atoms with E-state index in [0.717, 1.165) is 0 Å². The molecule has 1 fully saturated rings. The molecule has 1 aliphatic heterocycles. The number of aliphatic hydroxyl groups excluding tert-OH is 2. The van der Waals surface area contributed by atoms with Crippen molar-refractivity contribution < 1.29 is 58.6 Å². The summed E-state index contributed by atoms with van der Waals surface area (Å²) < 4.78 is 15.2. The standard InChI is InChI=1S/C18H27NO12/c1-2-3-10(20)19-15-16(27)17(31-14(26)7-5-12(23)24)9(30-18(15)28)8-29-13(25)6-4-11(21)22/h9,15-18,27-28H,2-8H2,1H3,(H,19,20)(H,21,22)(H,23,24)/t9-,15-,16-,17-,18?/m1/s1. The van der Waals surface area contributed by atoms with Crippen molar-refractivity contribution in [3.05, 3.63) is 0 Å². The monoisotopic (exact) mass is 449 g/mol. The van der Waals surface area contributed by atoms with Crippen LogP contribution in [0, 0.1) is 0 Å². The molecule has 1 unspecified atom stereocenters. The molecule has 1 amide bonds. The van der Waals surface area contributed by atoms with Crippen molar-refractivity contribution in [3.63, 3.8) is 0 Å². The van der Waals surface area contributed by atoms with Gasteiger partial charge in [0.25, 0.3) is 0 Å². The van der Waals surface area contributed by atoms with Crippen molar-refractivity contribution in [1.29, 1.82) is 0 Å². The summed E-state index contributed by atoms with van der Waals surface area (Å²) in [6.07, 6.45) is -7.63. The lowest BCUT2D eigenvalue weighted by Gasteiger charge is -2.42.